The molecule has 122 valence electrons. The number of likely N-dealkylation sites (N-methyl/N-ethyl adjacent to an activating group) is 1. The average molecular weight is 341 g/mol. The molecule has 1 N–H and O–H groups in total. The van der Waals surface area contributed by atoms with Crippen molar-refractivity contribution in [2.75, 3.05) is 13.6 Å². The SMILES string of the molecule is CN1C/C(=C/c2ccccc2O)c2[o+]c3ccccc3cc2C1.Cl. The molecule has 3 nitrogen and oxygen atoms in total. The number of phenolic OH excluding ortho intramolecular Hbond substituents is 1. The minimum absolute atomic E-state index is 0. The van der Waals surface area contributed by atoms with Gasteiger partial charge in [-0.3, -0.25) is 4.90 Å². The molecule has 0 aliphatic carbocycles. The van der Waals surface area contributed by atoms with Crippen LogP contribution in [0.2, 0.25) is 0 Å². The van der Waals surface area contributed by atoms with Gasteiger partial charge in [0.15, 0.2) is 0 Å². The first-order valence-corrected chi connectivity index (χ1v) is 7.73. The van der Waals surface area contributed by atoms with Crippen molar-refractivity contribution in [2.45, 2.75) is 6.54 Å². The lowest BCUT2D eigenvalue weighted by molar-refractivity contribution is 0.346. The Morgan fingerprint density at radius 1 is 1.04 bits per heavy atom. The van der Waals surface area contributed by atoms with E-state index in [-0.39, 0.29) is 18.2 Å². The molecule has 3 aromatic rings. The summed E-state index contributed by atoms with van der Waals surface area (Å²) < 4.78 is 6.18. The van der Waals surface area contributed by atoms with Gasteiger partial charge in [-0.25, -0.2) is 4.42 Å². The molecule has 0 saturated carbocycles. The van der Waals surface area contributed by atoms with E-state index in [1.165, 1.54) is 5.56 Å². The van der Waals surface area contributed by atoms with Crippen molar-refractivity contribution >= 4 is 35.0 Å². The van der Waals surface area contributed by atoms with Crippen LogP contribution in [0.5, 0.6) is 5.75 Å². The molecule has 0 fully saturated rings. The molecule has 2 heterocycles. The summed E-state index contributed by atoms with van der Waals surface area (Å²) in [5.74, 6) is 1.21. The first-order valence-electron chi connectivity index (χ1n) is 7.73. The zero-order chi connectivity index (χ0) is 15.8. The Kier molecular flexibility index (Phi) is 4.56. The number of phenols is 1. The average Bonchev–Trinajstić information content (AvgIpc) is 2.55. The lowest BCUT2D eigenvalue weighted by Crippen LogP contribution is -2.25. The van der Waals surface area contributed by atoms with Crippen molar-refractivity contribution in [3.8, 4) is 5.75 Å². The molecule has 0 atom stereocenters. The van der Waals surface area contributed by atoms with Gasteiger partial charge in [0.2, 0.25) is 0 Å². The molecule has 4 rings (SSSR count). The van der Waals surface area contributed by atoms with Crippen molar-refractivity contribution in [1.82, 2.24) is 4.90 Å². The smallest absolute Gasteiger partial charge is 0.362 e. The topological polar surface area (TPSA) is 34.8 Å². The zero-order valence-corrected chi connectivity index (χ0v) is 14.2. The quantitative estimate of drug-likeness (QED) is 0.644. The van der Waals surface area contributed by atoms with Crippen molar-refractivity contribution in [3.05, 3.63) is 71.5 Å². The van der Waals surface area contributed by atoms with E-state index in [4.69, 9.17) is 4.42 Å². The fourth-order valence-corrected chi connectivity index (χ4v) is 3.13. The van der Waals surface area contributed by atoms with Crippen molar-refractivity contribution in [1.29, 1.82) is 0 Å². The van der Waals surface area contributed by atoms with Crippen molar-refractivity contribution < 1.29 is 9.52 Å². The largest absolute Gasteiger partial charge is 0.507 e. The number of nitrogens with zero attached hydrogens (tertiary/aromatic N) is 1. The van der Waals surface area contributed by atoms with E-state index in [2.05, 4.69) is 24.1 Å². The summed E-state index contributed by atoms with van der Waals surface area (Å²) in [6.07, 6.45) is 2.02. The van der Waals surface area contributed by atoms with E-state index in [9.17, 15) is 5.11 Å². The molecular formula is C20H19ClNO2+. The minimum atomic E-state index is 0. The summed E-state index contributed by atoms with van der Waals surface area (Å²) in [5.41, 5.74) is 3.96. The van der Waals surface area contributed by atoms with E-state index >= 15 is 0 Å². The van der Waals surface area contributed by atoms with Gasteiger partial charge in [0.25, 0.3) is 0 Å². The molecular weight excluding hydrogens is 322 g/mol. The highest BCUT2D eigenvalue weighted by Gasteiger charge is 2.29. The molecule has 2 aromatic carbocycles. The Morgan fingerprint density at radius 3 is 2.62 bits per heavy atom. The van der Waals surface area contributed by atoms with Gasteiger partial charge in [0.05, 0.1) is 16.5 Å². The predicted molar refractivity (Wildman–Crippen MR) is 100 cm³/mol. The number of fused-ring (bicyclic) bond motifs is 2. The summed E-state index contributed by atoms with van der Waals surface area (Å²) >= 11 is 0. The van der Waals surface area contributed by atoms with E-state index in [1.54, 1.807) is 6.07 Å². The first kappa shape index (κ1) is 16.5. The lowest BCUT2D eigenvalue weighted by Gasteiger charge is -2.21. The standard InChI is InChI=1S/C20H17NO2.ClH/c1-21-12-16(10-14-6-2-4-8-18(14)22)20-17(13-21)11-15-7-3-5-9-19(15)23-20;/h2-11H,12-13H2,1H3;1H/p+1/b16-10-;. The second-order valence-corrected chi connectivity index (χ2v) is 6.04. The second kappa shape index (κ2) is 6.63. The van der Waals surface area contributed by atoms with Crippen LogP contribution in [0.4, 0.5) is 0 Å². The van der Waals surface area contributed by atoms with Crippen molar-refractivity contribution in [2.24, 2.45) is 0 Å². The van der Waals surface area contributed by atoms with Crippen LogP contribution in [0.15, 0.2) is 59.0 Å². The summed E-state index contributed by atoms with van der Waals surface area (Å²) in [7, 11) is 2.09. The Morgan fingerprint density at radius 2 is 1.79 bits per heavy atom. The Labute approximate surface area is 147 Å². The van der Waals surface area contributed by atoms with Crippen LogP contribution >= 0.6 is 12.4 Å². The molecule has 0 amide bonds. The maximum absolute atomic E-state index is 10.0. The normalized spacial score (nSPS) is 16.0. The molecule has 1 aliphatic rings. The van der Waals surface area contributed by atoms with Crippen LogP contribution in [0.25, 0.3) is 22.6 Å². The van der Waals surface area contributed by atoms with Crippen molar-refractivity contribution in [3.63, 3.8) is 0 Å². The molecule has 0 radical (unpaired) electrons. The van der Waals surface area contributed by atoms with Gasteiger partial charge >= 0.3 is 11.3 Å². The molecule has 0 unspecified atom stereocenters. The molecule has 0 bridgehead atoms. The number of rotatable bonds is 1. The minimum Gasteiger partial charge on any atom is -0.507 e. The number of aromatic hydroxyl groups is 1. The van der Waals surface area contributed by atoms with Gasteiger partial charge in [-0.15, -0.1) is 12.4 Å². The van der Waals surface area contributed by atoms with Crippen LogP contribution < -0.4 is 0 Å². The summed E-state index contributed by atoms with van der Waals surface area (Å²) in [6.45, 7) is 1.66. The third-order valence-electron chi connectivity index (χ3n) is 4.19. The first-order chi connectivity index (χ1) is 11.2. The van der Waals surface area contributed by atoms with Gasteiger partial charge in [-0.05, 0) is 31.3 Å². The molecule has 4 heteroatoms. The fourth-order valence-electron chi connectivity index (χ4n) is 3.13. The van der Waals surface area contributed by atoms with Gasteiger partial charge < -0.3 is 5.11 Å². The van der Waals surface area contributed by atoms with Gasteiger partial charge in [-0.2, -0.15) is 0 Å². The molecule has 24 heavy (non-hydrogen) atoms. The zero-order valence-electron chi connectivity index (χ0n) is 13.4. The van der Waals surface area contributed by atoms with E-state index < -0.39 is 0 Å². The van der Waals surface area contributed by atoms with Gasteiger partial charge in [0.1, 0.15) is 5.75 Å². The monoisotopic (exact) mass is 340 g/mol. The number of halogens is 1. The molecule has 0 saturated heterocycles. The summed E-state index contributed by atoms with van der Waals surface area (Å²) in [6, 6.07) is 17.6. The molecule has 1 aromatic heterocycles. The van der Waals surface area contributed by atoms with Crippen LogP contribution in [0, 0.1) is 0 Å². The van der Waals surface area contributed by atoms with E-state index in [1.807, 2.05) is 42.5 Å². The second-order valence-electron chi connectivity index (χ2n) is 6.04. The highest BCUT2D eigenvalue weighted by atomic mass is 35.5. The Bertz CT molecular complexity index is 920. The predicted octanol–water partition coefficient (Wildman–Crippen LogP) is 4.83. The Hall–Kier alpha value is -2.36. The number of hydrogen-bond donors (Lipinski definition) is 1. The summed E-state index contributed by atoms with van der Waals surface area (Å²) in [5, 5.41) is 11.2. The third-order valence-corrected chi connectivity index (χ3v) is 4.19. The van der Waals surface area contributed by atoms with Crippen LogP contribution in [-0.4, -0.2) is 23.6 Å². The fraction of sp³-hybridized carbons (Fsp3) is 0.150. The Balaban J connectivity index is 0.00000169. The van der Waals surface area contributed by atoms with Gasteiger partial charge in [0, 0.05) is 24.7 Å². The van der Waals surface area contributed by atoms with Crippen LogP contribution in [0.1, 0.15) is 16.9 Å². The number of benzene rings is 2. The van der Waals surface area contributed by atoms with E-state index in [0.717, 1.165) is 41.0 Å². The highest BCUT2D eigenvalue weighted by molar-refractivity contribution is 5.87. The number of para-hydroxylation sites is 2. The maximum atomic E-state index is 10.0. The van der Waals surface area contributed by atoms with Crippen LogP contribution in [-0.2, 0) is 6.54 Å². The maximum Gasteiger partial charge on any atom is 0.362 e. The number of hydrogen-bond acceptors (Lipinski definition) is 2. The molecule has 1 aliphatic heterocycles. The van der Waals surface area contributed by atoms with Gasteiger partial charge in [-0.1, -0.05) is 30.3 Å². The third kappa shape index (κ3) is 3.01. The van der Waals surface area contributed by atoms with E-state index in [0.29, 0.717) is 0 Å². The molecule has 0 spiro atoms. The lowest BCUT2D eigenvalue weighted by atomic mass is 9.98. The summed E-state index contributed by atoms with van der Waals surface area (Å²) in [4.78, 5) is 2.25. The highest BCUT2D eigenvalue weighted by Crippen LogP contribution is 2.33. The van der Waals surface area contributed by atoms with Crippen LogP contribution in [0.3, 0.4) is 0 Å².